The van der Waals surface area contributed by atoms with E-state index >= 15 is 0 Å². The molecule has 2 aliphatic rings. The van der Waals surface area contributed by atoms with Gasteiger partial charge in [0.15, 0.2) is 5.60 Å². The van der Waals surface area contributed by atoms with E-state index in [-0.39, 0.29) is 6.61 Å². The van der Waals surface area contributed by atoms with E-state index in [0.717, 1.165) is 16.5 Å². The van der Waals surface area contributed by atoms with Crippen molar-refractivity contribution in [3.05, 3.63) is 70.8 Å². The van der Waals surface area contributed by atoms with Crippen LogP contribution in [-0.4, -0.2) is 90.0 Å². The predicted molar refractivity (Wildman–Crippen MR) is 180 cm³/mol. The number of methoxy groups -OCH3 is 6. The molecular weight excluding hydrogens is 692 g/mol. The average molecular weight is 744 g/mol. The third-order valence-electron chi connectivity index (χ3n) is 8.42. The molecule has 2 saturated heterocycles. The molecular formula is C35H51BrO12. The average Bonchev–Trinajstić information content (AvgIpc) is 3.07. The number of esters is 2. The zero-order valence-corrected chi connectivity index (χ0v) is 31.5. The van der Waals surface area contributed by atoms with Crippen LogP contribution in [0.3, 0.4) is 0 Å². The Bertz CT molecular complexity index is 1340. The maximum atomic E-state index is 12.6. The third kappa shape index (κ3) is 10.1. The standard InChI is InChI=1S/C18H26O6.C9H11BrO.C8H14O5/c1-16(11-13-8-7-9-14(10-13)12-20-4)15(19)23-17(2,21-5)18(3,22-6)24-16;1-11-7-9-4-2-3-8(5-9)6-10;1-7(10-3)8(2,11-4)13-6(9)5-12-7/h7-10H,11-12H2,1-6H3;2-5H,6-7H2,1H3;5H2,1-4H3. The van der Waals surface area contributed by atoms with Crippen molar-refractivity contribution < 1.29 is 57.0 Å². The minimum atomic E-state index is -1.32. The first-order chi connectivity index (χ1) is 22.6. The van der Waals surface area contributed by atoms with E-state index < -0.39 is 40.7 Å². The number of carbonyl (C=O) groups is 2. The molecule has 13 heteroatoms. The van der Waals surface area contributed by atoms with Gasteiger partial charge in [-0.2, -0.15) is 0 Å². The molecule has 2 heterocycles. The molecule has 5 atom stereocenters. The van der Waals surface area contributed by atoms with E-state index in [0.29, 0.717) is 19.6 Å². The molecule has 0 bridgehead atoms. The molecule has 0 aromatic heterocycles. The maximum absolute atomic E-state index is 12.6. The molecule has 2 aromatic carbocycles. The zero-order valence-electron chi connectivity index (χ0n) is 29.9. The SMILES string of the molecule is COC1(C)OCC(=O)OC1(C)OC.COCc1cccc(CBr)c1.COCc1cccc(CC2(C)OC(C)(OC)C(C)(OC)OC2=O)c1. The van der Waals surface area contributed by atoms with Gasteiger partial charge in [-0.25, -0.2) is 9.59 Å². The summed E-state index contributed by atoms with van der Waals surface area (Å²) < 4.78 is 53.0. The highest BCUT2D eigenvalue weighted by atomic mass is 79.9. The van der Waals surface area contributed by atoms with Gasteiger partial charge in [-0.1, -0.05) is 64.5 Å². The Labute approximate surface area is 292 Å². The Hall–Kier alpha value is -2.46. The summed E-state index contributed by atoms with van der Waals surface area (Å²) in [7, 11) is 9.20. The lowest BCUT2D eigenvalue weighted by Gasteiger charge is -2.51. The van der Waals surface area contributed by atoms with E-state index in [1.54, 1.807) is 48.8 Å². The normalized spacial score (nSPS) is 29.8. The number of hydrogen-bond donors (Lipinski definition) is 0. The van der Waals surface area contributed by atoms with Gasteiger partial charge in [0.25, 0.3) is 11.6 Å². The Balaban J connectivity index is 0.000000279. The highest BCUT2D eigenvalue weighted by molar-refractivity contribution is 9.08. The van der Waals surface area contributed by atoms with Crippen LogP contribution in [0, 0.1) is 0 Å². The lowest BCUT2D eigenvalue weighted by Crippen LogP contribution is -2.68. The van der Waals surface area contributed by atoms with Gasteiger partial charge in [0, 0.05) is 68.3 Å². The molecule has 0 spiro atoms. The molecule has 48 heavy (non-hydrogen) atoms. The van der Waals surface area contributed by atoms with Crippen LogP contribution in [-0.2, 0) is 81.9 Å². The summed E-state index contributed by atoms with van der Waals surface area (Å²) in [6.45, 7) is 9.34. The fraction of sp³-hybridized carbons (Fsp3) is 0.600. The number of halogens is 1. The molecule has 2 fully saturated rings. The zero-order chi connectivity index (χ0) is 36.2. The molecule has 0 amide bonds. The van der Waals surface area contributed by atoms with Crippen molar-refractivity contribution in [1.29, 1.82) is 0 Å². The minimum absolute atomic E-state index is 0.122. The fourth-order valence-corrected chi connectivity index (χ4v) is 5.35. The molecule has 12 nitrogen and oxygen atoms in total. The number of carbonyl (C=O) groups excluding carboxylic acids is 2. The fourth-order valence-electron chi connectivity index (χ4n) is 5.00. The summed E-state index contributed by atoms with van der Waals surface area (Å²) >= 11 is 3.40. The first-order valence-corrected chi connectivity index (χ1v) is 16.4. The van der Waals surface area contributed by atoms with Gasteiger partial charge in [-0.05, 0) is 43.0 Å². The molecule has 4 rings (SSSR count). The molecule has 0 saturated carbocycles. The molecule has 0 N–H and O–H groups in total. The maximum Gasteiger partial charge on any atom is 0.341 e. The van der Waals surface area contributed by atoms with Crippen LogP contribution in [0.25, 0.3) is 0 Å². The lowest BCUT2D eigenvalue weighted by molar-refractivity contribution is -0.420. The van der Waals surface area contributed by atoms with E-state index in [9.17, 15) is 9.59 Å². The van der Waals surface area contributed by atoms with Crippen LogP contribution < -0.4 is 0 Å². The Kier molecular flexibility index (Phi) is 15.6. The van der Waals surface area contributed by atoms with Gasteiger partial charge in [0.05, 0.1) is 13.2 Å². The number of rotatable bonds is 11. The van der Waals surface area contributed by atoms with Crippen molar-refractivity contribution in [3.8, 4) is 0 Å². The summed E-state index contributed by atoms with van der Waals surface area (Å²) in [4.78, 5) is 23.6. The second kappa shape index (κ2) is 18.0. The molecule has 0 radical (unpaired) electrons. The summed E-state index contributed by atoms with van der Waals surface area (Å²) in [6, 6.07) is 16.2. The first kappa shape index (κ1) is 41.7. The number of hydrogen-bond acceptors (Lipinski definition) is 12. The largest absolute Gasteiger partial charge is 0.426 e. The second-order valence-electron chi connectivity index (χ2n) is 11.9. The van der Waals surface area contributed by atoms with Crippen molar-refractivity contribution in [2.24, 2.45) is 0 Å². The van der Waals surface area contributed by atoms with Gasteiger partial charge in [-0.15, -0.1) is 0 Å². The number of alkyl halides is 1. The van der Waals surface area contributed by atoms with Crippen LogP contribution in [0.5, 0.6) is 0 Å². The van der Waals surface area contributed by atoms with Gasteiger partial charge in [0.2, 0.25) is 11.6 Å². The topological polar surface area (TPSA) is 126 Å². The summed E-state index contributed by atoms with van der Waals surface area (Å²) in [6.07, 6.45) is 0.349. The summed E-state index contributed by atoms with van der Waals surface area (Å²) in [5.41, 5.74) is 3.31. The number of ether oxygens (including phenoxy) is 10. The van der Waals surface area contributed by atoms with Gasteiger partial charge < -0.3 is 47.4 Å². The molecule has 2 aromatic rings. The van der Waals surface area contributed by atoms with E-state index in [1.807, 2.05) is 30.3 Å². The van der Waals surface area contributed by atoms with E-state index in [2.05, 4.69) is 34.1 Å². The van der Waals surface area contributed by atoms with Crippen molar-refractivity contribution in [2.45, 2.75) is 88.3 Å². The number of benzene rings is 2. The number of cyclic esters (lactones) is 2. The monoisotopic (exact) mass is 742 g/mol. The highest BCUT2D eigenvalue weighted by Gasteiger charge is 2.61. The van der Waals surface area contributed by atoms with Crippen molar-refractivity contribution in [3.63, 3.8) is 0 Å². The van der Waals surface area contributed by atoms with Crippen molar-refractivity contribution in [2.75, 3.05) is 49.3 Å². The minimum Gasteiger partial charge on any atom is -0.426 e. The highest BCUT2D eigenvalue weighted by Crippen LogP contribution is 2.42. The molecule has 5 unspecified atom stereocenters. The summed E-state index contributed by atoms with van der Waals surface area (Å²) in [5.74, 6) is -5.75. The van der Waals surface area contributed by atoms with Crippen LogP contribution in [0.2, 0.25) is 0 Å². The van der Waals surface area contributed by atoms with E-state index in [4.69, 9.17) is 47.4 Å². The van der Waals surface area contributed by atoms with Crippen molar-refractivity contribution in [1.82, 2.24) is 0 Å². The van der Waals surface area contributed by atoms with Crippen LogP contribution in [0.15, 0.2) is 48.5 Å². The lowest BCUT2D eigenvalue weighted by atomic mass is 9.92. The predicted octanol–water partition coefficient (Wildman–Crippen LogP) is 5.45. The smallest absolute Gasteiger partial charge is 0.341 e. The van der Waals surface area contributed by atoms with Crippen LogP contribution in [0.1, 0.15) is 56.9 Å². The van der Waals surface area contributed by atoms with Crippen LogP contribution in [0.4, 0.5) is 0 Å². The molecule has 270 valence electrons. The molecule has 0 aliphatic carbocycles. The van der Waals surface area contributed by atoms with E-state index in [1.165, 1.54) is 39.6 Å². The summed E-state index contributed by atoms with van der Waals surface area (Å²) in [5, 5.41) is 0.907. The quantitative estimate of drug-likeness (QED) is 0.215. The first-order valence-electron chi connectivity index (χ1n) is 15.3. The Morgan fingerprint density at radius 1 is 0.646 bits per heavy atom. The Morgan fingerprint density at radius 3 is 1.58 bits per heavy atom. The van der Waals surface area contributed by atoms with Gasteiger partial charge >= 0.3 is 11.9 Å². The van der Waals surface area contributed by atoms with Gasteiger partial charge in [-0.3, -0.25) is 0 Å². The Morgan fingerprint density at radius 2 is 1.10 bits per heavy atom. The third-order valence-corrected chi connectivity index (χ3v) is 9.07. The van der Waals surface area contributed by atoms with Gasteiger partial charge in [0.1, 0.15) is 6.61 Å². The van der Waals surface area contributed by atoms with Crippen molar-refractivity contribution >= 4 is 27.9 Å². The molecule has 2 aliphatic heterocycles. The van der Waals surface area contributed by atoms with Crippen LogP contribution >= 0.6 is 15.9 Å². The second-order valence-corrected chi connectivity index (χ2v) is 12.5.